The van der Waals surface area contributed by atoms with Gasteiger partial charge in [0.15, 0.2) is 18.7 Å². The van der Waals surface area contributed by atoms with Crippen molar-refractivity contribution < 1.29 is 97.8 Å². The number of hydrogen-bond donors (Lipinski definition) is 11. The van der Waals surface area contributed by atoms with Crippen molar-refractivity contribution in [2.75, 3.05) is 26.9 Å². The van der Waals surface area contributed by atoms with Crippen molar-refractivity contribution in [3.8, 4) is 17.2 Å². The van der Waals surface area contributed by atoms with Crippen LogP contribution in [0.15, 0.2) is 18.2 Å². The number of aromatic hydroxyl groups is 2. The number of esters is 1. The van der Waals surface area contributed by atoms with Gasteiger partial charge in [0.1, 0.15) is 41.5 Å². The van der Waals surface area contributed by atoms with Gasteiger partial charge in [-0.1, -0.05) is 12.1 Å². The van der Waals surface area contributed by atoms with Crippen molar-refractivity contribution in [2.24, 2.45) is 5.73 Å². The molecule has 0 saturated carbocycles. The Morgan fingerprint density at radius 2 is 1.61 bits per heavy atom. The number of Topliss-reactive ketones (excluding diaryl/α,β-unsaturated/α-hetero) is 1. The number of carbonyl (C=O) groups is 9. The van der Waals surface area contributed by atoms with E-state index in [4.69, 9.17) is 29.8 Å². The molecule has 2 aliphatic carbocycles. The first-order chi connectivity index (χ1) is 31.1. The molecule has 8 atom stereocenters. The Hall–Kier alpha value is -6.57. The van der Waals surface area contributed by atoms with Gasteiger partial charge in [-0.05, 0) is 25.8 Å². The van der Waals surface area contributed by atoms with Crippen molar-refractivity contribution >= 4 is 53.0 Å². The van der Waals surface area contributed by atoms with Crippen LogP contribution >= 0.6 is 0 Å². The third-order valence-corrected chi connectivity index (χ3v) is 11.4. The summed E-state index contributed by atoms with van der Waals surface area (Å²) >= 11 is 0. The molecule has 5 rings (SSSR count). The Bertz CT molecular complexity index is 2290. The monoisotopic (exact) mass is 930 g/mol. The molecule has 0 bridgehead atoms. The maximum atomic E-state index is 14.0. The fourth-order valence-electron chi connectivity index (χ4n) is 7.89. The first kappa shape index (κ1) is 50.4. The number of carboxylic acids is 2. The van der Waals surface area contributed by atoms with Crippen molar-refractivity contribution in [2.45, 2.75) is 107 Å². The lowest BCUT2D eigenvalue weighted by Gasteiger charge is -2.42. The van der Waals surface area contributed by atoms with Crippen LogP contribution in [0.5, 0.6) is 17.2 Å². The minimum Gasteiger partial charge on any atom is -0.507 e. The highest BCUT2D eigenvalue weighted by molar-refractivity contribution is 6.31. The molecule has 1 heterocycles. The second kappa shape index (κ2) is 21.2. The van der Waals surface area contributed by atoms with Gasteiger partial charge < -0.3 is 76.4 Å². The molecule has 2 aromatic rings. The molecule has 24 nitrogen and oxygen atoms in total. The van der Waals surface area contributed by atoms with E-state index < -0.39 is 182 Å². The summed E-state index contributed by atoms with van der Waals surface area (Å²) in [5.41, 5.74) is 1.46. The number of benzene rings is 2. The number of phenolic OH excluding ortho intramolecular Hbond substituents is 2. The van der Waals surface area contributed by atoms with E-state index >= 15 is 0 Å². The molecule has 0 spiro atoms. The van der Waals surface area contributed by atoms with Crippen molar-refractivity contribution in [1.29, 1.82) is 0 Å². The standard InChI is InChI=1S/C42H50N4O20/c1-17-35(54)20(43)11-30(65-17)66-24-13-42(62,12-19-32(24)39(58)34-33(37(19)56)36(55)18-5-3-6-23(63-2)31(18)38(34)57)25(48)16-64-29(53)8-4-7-26(49)45-21(41(60)61)9-10-27(50)46-22(15-47)40(59)44-14-28(51)52/h3,5-6,17,20-22,24,30,35,47,54,56,58,62H,4,7-16,43H2,1-2H3,(H,44,59)(H,45,49)(H,46,50)(H,51,52)(H,60,61)/t17-,20-,21-,22-,24-,30-,35+,42-/m0/s1. The quantitative estimate of drug-likeness (QED) is 0.0421. The highest BCUT2D eigenvalue weighted by Crippen LogP contribution is 2.52. The minimum absolute atomic E-state index is 0.0137. The summed E-state index contributed by atoms with van der Waals surface area (Å²) in [6.45, 7) is -1.22. The summed E-state index contributed by atoms with van der Waals surface area (Å²) in [6, 6.07) is 0.189. The summed E-state index contributed by atoms with van der Waals surface area (Å²) < 4.78 is 22.3. The van der Waals surface area contributed by atoms with Crippen LogP contribution < -0.4 is 26.4 Å². The van der Waals surface area contributed by atoms with Gasteiger partial charge in [0.25, 0.3) is 0 Å². The van der Waals surface area contributed by atoms with Gasteiger partial charge in [0.05, 0.1) is 48.7 Å². The minimum atomic E-state index is -2.52. The summed E-state index contributed by atoms with van der Waals surface area (Å²) in [5, 5.41) is 79.6. The van der Waals surface area contributed by atoms with Crippen LogP contribution in [0.2, 0.25) is 0 Å². The zero-order valence-corrected chi connectivity index (χ0v) is 35.6. The molecule has 1 fully saturated rings. The first-order valence-electron chi connectivity index (χ1n) is 20.6. The zero-order valence-electron chi connectivity index (χ0n) is 35.6. The molecule has 12 N–H and O–H groups in total. The molecule has 2 aromatic carbocycles. The number of nitrogens with one attached hydrogen (secondary N) is 3. The van der Waals surface area contributed by atoms with Crippen LogP contribution in [0.3, 0.4) is 0 Å². The number of aliphatic hydroxyl groups is 3. The third kappa shape index (κ3) is 11.1. The number of ether oxygens (including phenoxy) is 4. The molecular weight excluding hydrogens is 880 g/mol. The van der Waals surface area contributed by atoms with Gasteiger partial charge in [0, 0.05) is 61.3 Å². The van der Waals surface area contributed by atoms with Gasteiger partial charge >= 0.3 is 17.9 Å². The van der Waals surface area contributed by atoms with Gasteiger partial charge in [-0.15, -0.1) is 0 Å². The highest BCUT2D eigenvalue weighted by Gasteiger charge is 2.50. The fourth-order valence-corrected chi connectivity index (χ4v) is 7.89. The van der Waals surface area contributed by atoms with Crippen LogP contribution in [-0.2, 0) is 54.2 Å². The van der Waals surface area contributed by atoms with Crippen LogP contribution in [0.25, 0.3) is 0 Å². The number of ketones is 3. The molecule has 24 heteroatoms. The highest BCUT2D eigenvalue weighted by atomic mass is 16.7. The molecule has 0 aromatic heterocycles. The maximum Gasteiger partial charge on any atom is 0.326 e. The number of phenols is 2. The van der Waals surface area contributed by atoms with E-state index in [2.05, 4.69) is 10.6 Å². The van der Waals surface area contributed by atoms with Crippen LogP contribution in [0, 0.1) is 0 Å². The van der Waals surface area contributed by atoms with Crippen LogP contribution in [-0.4, -0.2) is 158 Å². The Balaban J connectivity index is 1.24. The van der Waals surface area contributed by atoms with E-state index in [1.807, 2.05) is 5.32 Å². The van der Waals surface area contributed by atoms with Crippen LogP contribution in [0.1, 0.15) is 101 Å². The molecule has 3 aliphatic rings. The SMILES string of the molecule is COc1cccc2c1C(=O)c1c(O)c3c(c(O)c1C2=O)C[C@@](O)(C(=O)COC(=O)CCCC(=O)N[C@@H](CCC(=O)N[C@@H](CO)C(=O)NCC(=O)O)C(=O)O)C[C@@H]3O[C@H]1C[C@H](N)[C@H](O)[C@H](C)O1. The Morgan fingerprint density at radius 3 is 2.24 bits per heavy atom. The number of carbonyl (C=O) groups excluding carboxylic acids is 7. The molecule has 1 aliphatic heterocycles. The molecule has 0 unspecified atom stereocenters. The average molecular weight is 931 g/mol. The lowest BCUT2D eigenvalue weighted by Crippen LogP contribution is -2.53. The molecule has 66 heavy (non-hydrogen) atoms. The van der Waals surface area contributed by atoms with Crippen molar-refractivity contribution in [3.05, 3.63) is 51.6 Å². The first-order valence-corrected chi connectivity index (χ1v) is 20.6. The van der Waals surface area contributed by atoms with E-state index in [1.54, 1.807) is 0 Å². The number of hydrogen-bond acceptors (Lipinski definition) is 19. The summed E-state index contributed by atoms with van der Waals surface area (Å²) in [4.78, 5) is 114. The number of fused-ring (bicyclic) bond motifs is 3. The van der Waals surface area contributed by atoms with E-state index in [-0.39, 0.29) is 40.8 Å². The topological polar surface area (TPSA) is 394 Å². The Kier molecular flexibility index (Phi) is 16.2. The second-order valence-electron chi connectivity index (χ2n) is 15.9. The fraction of sp³-hybridized carbons (Fsp3) is 0.500. The number of methoxy groups -OCH3 is 1. The van der Waals surface area contributed by atoms with Crippen molar-refractivity contribution in [3.63, 3.8) is 0 Å². The van der Waals surface area contributed by atoms with Gasteiger partial charge in [-0.3, -0.25) is 38.4 Å². The number of aliphatic hydroxyl groups excluding tert-OH is 2. The maximum absolute atomic E-state index is 14.0. The summed E-state index contributed by atoms with van der Waals surface area (Å²) in [7, 11) is 1.27. The molecule has 1 saturated heterocycles. The Morgan fingerprint density at radius 1 is 0.939 bits per heavy atom. The Labute approximate surface area is 374 Å². The lowest BCUT2D eigenvalue weighted by molar-refractivity contribution is -0.247. The molecule has 3 amide bonds. The number of amides is 3. The van der Waals surface area contributed by atoms with Crippen LogP contribution in [0.4, 0.5) is 0 Å². The predicted molar refractivity (Wildman–Crippen MR) is 218 cm³/mol. The van der Waals surface area contributed by atoms with E-state index in [1.165, 1.54) is 32.2 Å². The normalized spacial score (nSPS) is 22.9. The zero-order chi connectivity index (χ0) is 48.8. The largest absolute Gasteiger partial charge is 0.507 e. The van der Waals surface area contributed by atoms with Gasteiger partial charge in [-0.25, -0.2) is 4.79 Å². The van der Waals surface area contributed by atoms with Gasteiger partial charge in [0.2, 0.25) is 29.3 Å². The van der Waals surface area contributed by atoms with E-state index in [0.717, 1.165) is 0 Å². The molecular formula is C42H50N4O20. The number of nitrogens with two attached hydrogens (primary N) is 1. The second-order valence-corrected chi connectivity index (χ2v) is 15.9. The van der Waals surface area contributed by atoms with E-state index in [9.17, 15) is 73.8 Å². The molecule has 358 valence electrons. The van der Waals surface area contributed by atoms with Crippen molar-refractivity contribution in [1.82, 2.24) is 16.0 Å². The van der Waals surface area contributed by atoms with E-state index in [0.29, 0.717) is 0 Å². The predicted octanol–water partition coefficient (Wildman–Crippen LogP) is -2.25. The molecule has 0 radical (unpaired) electrons. The summed E-state index contributed by atoms with van der Waals surface area (Å²) in [6.07, 6.45) is -8.41. The smallest absolute Gasteiger partial charge is 0.326 e. The number of aliphatic carboxylic acids is 2. The average Bonchev–Trinajstić information content (AvgIpc) is 3.26. The summed E-state index contributed by atoms with van der Waals surface area (Å²) in [5.74, 6) is -11.2. The number of rotatable bonds is 20. The number of carboxylic acid groups (broad SMARTS) is 2. The lowest BCUT2D eigenvalue weighted by atomic mass is 9.72. The van der Waals surface area contributed by atoms with Gasteiger partial charge in [-0.2, -0.15) is 0 Å². The third-order valence-electron chi connectivity index (χ3n) is 11.4.